The predicted molar refractivity (Wildman–Crippen MR) is 48.0 cm³/mol. The van der Waals surface area contributed by atoms with E-state index in [1.807, 2.05) is 6.92 Å². The van der Waals surface area contributed by atoms with Crippen molar-refractivity contribution in [1.29, 1.82) is 0 Å². The number of nitrogens with zero attached hydrogens (tertiary/aromatic N) is 1. The molecule has 0 aliphatic heterocycles. The summed E-state index contributed by atoms with van der Waals surface area (Å²) < 4.78 is 0. The number of hydrogen-bond acceptors (Lipinski definition) is 4. The molecule has 5 nitrogen and oxygen atoms in total. The summed E-state index contributed by atoms with van der Waals surface area (Å²) in [5, 5.41) is 24.1. The summed E-state index contributed by atoms with van der Waals surface area (Å²) in [4.78, 5) is 9.71. The van der Waals surface area contributed by atoms with Gasteiger partial charge in [-0.2, -0.15) is 0 Å². The lowest BCUT2D eigenvalue weighted by Crippen LogP contribution is -1.86. The Balaban J connectivity index is 0.000000424. The maximum absolute atomic E-state index is 10.1. The van der Waals surface area contributed by atoms with E-state index in [1.165, 1.54) is 12.1 Å². The van der Waals surface area contributed by atoms with Crippen molar-refractivity contribution in [2.24, 2.45) is 0 Å². The number of nitro groups is 1. The Bertz CT molecular complexity index is 262. The van der Waals surface area contributed by atoms with Gasteiger partial charge in [-0.1, -0.05) is 17.7 Å². The van der Waals surface area contributed by atoms with E-state index < -0.39 is 4.92 Å². The first-order valence-corrected chi connectivity index (χ1v) is 3.43. The maximum atomic E-state index is 10.1. The van der Waals surface area contributed by atoms with Crippen molar-refractivity contribution in [3.05, 3.63) is 39.9 Å². The van der Waals surface area contributed by atoms with Gasteiger partial charge < -0.3 is 10.0 Å². The van der Waals surface area contributed by atoms with Crippen molar-refractivity contribution >= 4 is 13.4 Å². The third-order valence-corrected chi connectivity index (χ3v) is 1.24. The van der Waals surface area contributed by atoms with Crippen molar-refractivity contribution < 1.29 is 15.0 Å². The Labute approximate surface area is 76.1 Å². The molecular weight excluding hydrogens is 173 g/mol. The average molecular weight is 182 g/mol. The van der Waals surface area contributed by atoms with Gasteiger partial charge >= 0.3 is 7.69 Å². The highest BCUT2D eigenvalue weighted by molar-refractivity contribution is 6.13. The van der Waals surface area contributed by atoms with E-state index in [0.29, 0.717) is 0 Å². The predicted octanol–water partition coefficient (Wildman–Crippen LogP) is 0.408. The Morgan fingerprint density at radius 2 is 1.69 bits per heavy atom. The lowest BCUT2D eigenvalue weighted by Gasteiger charge is -1.90. The van der Waals surface area contributed by atoms with E-state index in [-0.39, 0.29) is 13.4 Å². The van der Waals surface area contributed by atoms with Crippen LogP contribution in [0.2, 0.25) is 0 Å². The smallest absolute Gasteiger partial charge is 0.429 e. The number of nitro benzene ring substituents is 1. The molecular formula is C7H9BNO4. The Morgan fingerprint density at radius 1 is 1.31 bits per heavy atom. The molecule has 0 spiro atoms. The molecule has 0 aliphatic rings. The second kappa shape index (κ2) is 6.16. The van der Waals surface area contributed by atoms with Gasteiger partial charge in [-0.05, 0) is 6.92 Å². The minimum atomic E-state index is -0.403. The quantitative estimate of drug-likeness (QED) is 0.374. The second-order valence-corrected chi connectivity index (χ2v) is 2.21. The molecule has 6 heteroatoms. The molecule has 0 heterocycles. The highest BCUT2D eigenvalue weighted by Gasteiger charge is 2.00. The summed E-state index contributed by atoms with van der Waals surface area (Å²) in [6, 6.07) is 6.43. The molecule has 0 fully saturated rings. The number of non-ortho nitro benzene ring substituents is 1. The molecule has 0 bridgehead atoms. The highest BCUT2D eigenvalue weighted by Crippen LogP contribution is 2.10. The highest BCUT2D eigenvalue weighted by atomic mass is 16.6. The zero-order chi connectivity index (χ0) is 10.3. The standard InChI is InChI=1S/C7H7NO2.BH2O2/c1-6-2-4-7(5-3-6)8(9)10;2-1-3/h2-5H,1H3;2-3H. The molecule has 1 aromatic carbocycles. The Hall–Kier alpha value is -1.40. The van der Waals surface area contributed by atoms with E-state index in [2.05, 4.69) is 0 Å². The molecule has 0 saturated carbocycles. The monoisotopic (exact) mass is 182 g/mol. The van der Waals surface area contributed by atoms with E-state index in [9.17, 15) is 10.1 Å². The topological polar surface area (TPSA) is 83.6 Å². The van der Waals surface area contributed by atoms with E-state index >= 15 is 0 Å². The summed E-state index contributed by atoms with van der Waals surface area (Å²) >= 11 is 0. The fourth-order valence-corrected chi connectivity index (χ4v) is 0.666. The van der Waals surface area contributed by atoms with Crippen LogP contribution in [-0.4, -0.2) is 22.7 Å². The largest absolute Gasteiger partial charge is 0.482 e. The van der Waals surface area contributed by atoms with Crippen LogP contribution in [0.1, 0.15) is 5.56 Å². The molecule has 2 N–H and O–H groups in total. The molecule has 0 amide bonds. The fraction of sp³-hybridized carbons (Fsp3) is 0.143. The first kappa shape index (κ1) is 11.6. The molecule has 0 atom stereocenters. The van der Waals surface area contributed by atoms with Crippen LogP contribution in [0.3, 0.4) is 0 Å². The number of rotatable bonds is 1. The van der Waals surface area contributed by atoms with Crippen LogP contribution < -0.4 is 0 Å². The average Bonchev–Trinajstić information content (AvgIpc) is 2.06. The summed E-state index contributed by atoms with van der Waals surface area (Å²) in [7, 11) is 0. The van der Waals surface area contributed by atoms with Crippen molar-refractivity contribution in [2.45, 2.75) is 6.92 Å². The van der Waals surface area contributed by atoms with E-state index in [0.717, 1.165) is 5.56 Å². The van der Waals surface area contributed by atoms with Gasteiger partial charge in [0, 0.05) is 12.1 Å². The van der Waals surface area contributed by atoms with E-state index in [1.54, 1.807) is 12.1 Å². The van der Waals surface area contributed by atoms with Crippen LogP contribution >= 0.6 is 0 Å². The number of hydrogen-bond donors (Lipinski definition) is 2. The van der Waals surface area contributed by atoms with Crippen molar-refractivity contribution in [2.75, 3.05) is 0 Å². The van der Waals surface area contributed by atoms with Gasteiger partial charge in [-0.15, -0.1) is 0 Å². The van der Waals surface area contributed by atoms with Crippen LogP contribution in [0.5, 0.6) is 0 Å². The summed E-state index contributed by atoms with van der Waals surface area (Å²) in [5.74, 6) is 0. The Morgan fingerprint density at radius 3 is 2.00 bits per heavy atom. The summed E-state index contributed by atoms with van der Waals surface area (Å²) in [5.41, 5.74) is 1.18. The maximum Gasteiger partial charge on any atom is 0.482 e. The van der Waals surface area contributed by atoms with Crippen molar-refractivity contribution in [1.82, 2.24) is 0 Å². The molecule has 1 radical (unpaired) electrons. The van der Waals surface area contributed by atoms with E-state index in [4.69, 9.17) is 10.0 Å². The number of benzene rings is 1. The van der Waals surface area contributed by atoms with Gasteiger partial charge in [0.15, 0.2) is 0 Å². The minimum Gasteiger partial charge on any atom is -0.429 e. The van der Waals surface area contributed by atoms with Gasteiger partial charge in [0.1, 0.15) is 0 Å². The van der Waals surface area contributed by atoms with Crippen LogP contribution in [0.4, 0.5) is 5.69 Å². The van der Waals surface area contributed by atoms with Crippen molar-refractivity contribution in [3.63, 3.8) is 0 Å². The zero-order valence-corrected chi connectivity index (χ0v) is 7.04. The molecule has 0 saturated heterocycles. The molecule has 69 valence electrons. The van der Waals surface area contributed by atoms with Crippen LogP contribution in [0.25, 0.3) is 0 Å². The minimum absolute atomic E-state index is 0. The molecule has 0 aliphatic carbocycles. The third kappa shape index (κ3) is 4.94. The van der Waals surface area contributed by atoms with Gasteiger partial charge in [-0.3, -0.25) is 10.1 Å². The summed E-state index contributed by atoms with van der Waals surface area (Å²) in [6.45, 7) is 1.89. The lowest BCUT2D eigenvalue weighted by atomic mass is 10.2. The van der Waals surface area contributed by atoms with Crippen molar-refractivity contribution in [3.8, 4) is 0 Å². The fourth-order valence-electron chi connectivity index (χ4n) is 0.666. The molecule has 0 aromatic heterocycles. The first-order chi connectivity index (χ1) is 6.11. The van der Waals surface area contributed by atoms with Gasteiger partial charge in [0.25, 0.3) is 5.69 Å². The Kier molecular flexibility index (Phi) is 5.50. The summed E-state index contributed by atoms with van der Waals surface area (Å²) in [6.07, 6.45) is 0. The van der Waals surface area contributed by atoms with Crippen LogP contribution in [0, 0.1) is 17.0 Å². The van der Waals surface area contributed by atoms with Gasteiger partial charge in [0.05, 0.1) is 4.92 Å². The lowest BCUT2D eigenvalue weighted by molar-refractivity contribution is -0.384. The van der Waals surface area contributed by atoms with Crippen LogP contribution in [0.15, 0.2) is 24.3 Å². The second-order valence-electron chi connectivity index (χ2n) is 2.21. The molecule has 13 heavy (non-hydrogen) atoms. The normalized spacial score (nSPS) is 8.23. The van der Waals surface area contributed by atoms with Gasteiger partial charge in [-0.25, -0.2) is 0 Å². The van der Waals surface area contributed by atoms with Gasteiger partial charge in [0.2, 0.25) is 0 Å². The van der Waals surface area contributed by atoms with Crippen LogP contribution in [-0.2, 0) is 0 Å². The molecule has 1 aromatic rings. The molecule has 1 rings (SSSR count). The molecule has 0 unspecified atom stereocenters. The zero-order valence-electron chi connectivity index (χ0n) is 7.04. The first-order valence-electron chi connectivity index (χ1n) is 3.43. The number of aryl methyl sites for hydroxylation is 1. The SMILES string of the molecule is Cc1ccc([N+](=O)[O-])cc1.O[B]O. The third-order valence-electron chi connectivity index (χ3n) is 1.24.